The molecular weight excluding hydrogens is 425 g/mol. The Kier molecular flexibility index (Phi) is 4.46. The highest BCUT2D eigenvalue weighted by molar-refractivity contribution is 9.10. The van der Waals surface area contributed by atoms with Crippen molar-refractivity contribution in [2.45, 2.75) is 35.4 Å². The van der Waals surface area contributed by atoms with Crippen LogP contribution in [0.4, 0.5) is 0 Å². The van der Waals surface area contributed by atoms with Crippen LogP contribution >= 0.6 is 50.0 Å². The van der Waals surface area contributed by atoms with E-state index in [9.17, 15) is 0 Å². The fourth-order valence-electron chi connectivity index (χ4n) is 4.30. The highest BCUT2D eigenvalue weighted by Gasteiger charge is 2.62. The van der Waals surface area contributed by atoms with Crippen LogP contribution in [0.1, 0.15) is 24.0 Å². The lowest BCUT2D eigenvalue weighted by Gasteiger charge is -2.41. The molecule has 0 aliphatic carbocycles. The van der Waals surface area contributed by atoms with E-state index in [2.05, 4.69) is 70.8 Å². The van der Waals surface area contributed by atoms with Gasteiger partial charge in [-0.25, -0.2) is 10.9 Å². The summed E-state index contributed by atoms with van der Waals surface area (Å²) in [7, 11) is -0.120. The van der Waals surface area contributed by atoms with Gasteiger partial charge in [0, 0.05) is 36.6 Å². The molecule has 0 spiro atoms. The third kappa shape index (κ3) is 2.73. The first-order valence-electron chi connectivity index (χ1n) is 8.08. The molecule has 3 aliphatic rings. The van der Waals surface area contributed by atoms with Crippen LogP contribution in [0, 0.1) is 0 Å². The van der Waals surface area contributed by atoms with E-state index in [1.54, 1.807) is 0 Å². The van der Waals surface area contributed by atoms with E-state index < -0.39 is 0 Å². The molecule has 0 saturated carbocycles. The molecule has 3 fully saturated rings. The van der Waals surface area contributed by atoms with Crippen LogP contribution in [0.2, 0.25) is 10.0 Å². The smallest absolute Gasteiger partial charge is 0.0444 e. The highest BCUT2D eigenvalue weighted by Crippen LogP contribution is 2.65. The minimum atomic E-state index is -0.120. The van der Waals surface area contributed by atoms with Crippen molar-refractivity contribution in [3.05, 3.63) is 68.1 Å². The molecule has 2 aromatic rings. The lowest BCUT2D eigenvalue weighted by molar-refractivity contribution is 0.268. The Hall–Kier alpha value is -0.190. The molecular formula is C19H20BrCl2NS. The van der Waals surface area contributed by atoms with Gasteiger partial charge in [0.2, 0.25) is 0 Å². The molecule has 4 unspecified atom stereocenters. The van der Waals surface area contributed by atoms with Crippen LogP contribution in [-0.4, -0.2) is 22.4 Å². The van der Waals surface area contributed by atoms with Crippen molar-refractivity contribution in [2.75, 3.05) is 6.26 Å². The van der Waals surface area contributed by atoms with Gasteiger partial charge in [-0.15, -0.1) is 0 Å². The molecule has 2 bridgehead atoms. The number of benzene rings is 2. The number of halogens is 3. The van der Waals surface area contributed by atoms with Crippen LogP contribution in [0.5, 0.6) is 0 Å². The van der Waals surface area contributed by atoms with Crippen molar-refractivity contribution in [1.29, 1.82) is 0 Å². The van der Waals surface area contributed by atoms with Crippen LogP contribution in [-0.2, 0) is 6.42 Å². The fraction of sp³-hybridized carbons (Fsp3) is 0.368. The van der Waals surface area contributed by atoms with Crippen molar-refractivity contribution in [1.82, 2.24) is 5.32 Å². The maximum atomic E-state index is 6.24. The standard InChI is InChI=1S/C19H20BrCl2NS/c1-19(10-11-3-5-13(20)6-4-11)17-16(18(23-17)24(19)2)12-7-14(21)9-15(22)8-12/h3-9,16-18,23-24H,10H2,1-2H3/t16?,17?,18?,19-/m1/s1. The van der Waals surface area contributed by atoms with E-state index in [0.717, 1.165) is 20.9 Å². The maximum absolute atomic E-state index is 6.24. The average molecular weight is 445 g/mol. The van der Waals surface area contributed by atoms with E-state index in [0.29, 0.717) is 22.1 Å². The molecule has 0 radical (unpaired) electrons. The van der Waals surface area contributed by atoms with Gasteiger partial charge in [-0.2, -0.15) is 0 Å². The van der Waals surface area contributed by atoms with Gasteiger partial charge < -0.3 is 5.32 Å². The number of fused-ring (bicyclic) bond motifs is 1. The minimum Gasteiger partial charge on any atom is -0.301 e. The van der Waals surface area contributed by atoms with Gasteiger partial charge in [-0.3, -0.25) is 0 Å². The Morgan fingerprint density at radius 2 is 1.75 bits per heavy atom. The molecule has 5 rings (SSSR count). The second-order valence-corrected chi connectivity index (χ2v) is 11.7. The third-order valence-electron chi connectivity index (χ3n) is 5.69. The minimum absolute atomic E-state index is 0.120. The van der Waals surface area contributed by atoms with Gasteiger partial charge in [-0.1, -0.05) is 58.2 Å². The summed E-state index contributed by atoms with van der Waals surface area (Å²) in [4.78, 5) is 0. The van der Waals surface area contributed by atoms with Crippen molar-refractivity contribution < 1.29 is 0 Å². The second kappa shape index (κ2) is 6.21. The van der Waals surface area contributed by atoms with E-state index in [-0.39, 0.29) is 10.9 Å². The number of rotatable bonds is 3. The largest absolute Gasteiger partial charge is 0.301 e. The predicted molar refractivity (Wildman–Crippen MR) is 111 cm³/mol. The summed E-state index contributed by atoms with van der Waals surface area (Å²) in [5, 5.41) is 5.85. The first-order chi connectivity index (χ1) is 11.4. The summed E-state index contributed by atoms with van der Waals surface area (Å²) in [5.41, 5.74) is 2.70. The quantitative estimate of drug-likeness (QED) is 0.571. The number of hydrogen-bond acceptors (Lipinski definition) is 1. The molecule has 1 nitrogen and oxygen atoms in total. The van der Waals surface area contributed by atoms with Crippen molar-refractivity contribution in [2.24, 2.45) is 0 Å². The Balaban J connectivity index is 1.63. The van der Waals surface area contributed by atoms with Crippen molar-refractivity contribution in [3.63, 3.8) is 0 Å². The number of nitrogens with one attached hydrogen (secondary N) is 1. The SMILES string of the molecule is C[SH]1C2NC(C2c2cc(Cl)cc(Cl)c2)[C@@]1(C)Cc1ccc(Br)cc1. The Bertz CT molecular complexity index is 761. The summed E-state index contributed by atoms with van der Waals surface area (Å²) in [6.45, 7) is 2.45. The Labute approximate surface area is 164 Å². The zero-order valence-electron chi connectivity index (χ0n) is 13.6. The average Bonchev–Trinajstić information content (AvgIpc) is 2.83. The van der Waals surface area contributed by atoms with Crippen molar-refractivity contribution in [3.8, 4) is 0 Å². The van der Waals surface area contributed by atoms with E-state index >= 15 is 0 Å². The molecule has 5 atom stereocenters. The topological polar surface area (TPSA) is 12.0 Å². The molecule has 3 heterocycles. The molecule has 128 valence electrons. The van der Waals surface area contributed by atoms with Gasteiger partial charge in [0.25, 0.3) is 0 Å². The summed E-state index contributed by atoms with van der Waals surface area (Å²) in [6.07, 6.45) is 3.56. The highest BCUT2D eigenvalue weighted by atomic mass is 79.9. The fourth-order valence-corrected chi connectivity index (χ4v) is 8.06. The number of hydrogen-bond donors (Lipinski definition) is 2. The molecule has 3 saturated heterocycles. The molecule has 24 heavy (non-hydrogen) atoms. The summed E-state index contributed by atoms with van der Waals surface area (Å²) in [5.74, 6) is 0.526. The molecule has 2 aromatic carbocycles. The van der Waals surface area contributed by atoms with E-state index in [4.69, 9.17) is 23.2 Å². The van der Waals surface area contributed by atoms with E-state index in [1.807, 2.05) is 6.07 Å². The van der Waals surface area contributed by atoms with E-state index in [1.165, 1.54) is 11.1 Å². The predicted octanol–water partition coefficient (Wildman–Crippen LogP) is 5.78. The molecule has 0 aromatic heterocycles. The summed E-state index contributed by atoms with van der Waals surface area (Å²) in [6, 6.07) is 15.2. The van der Waals surface area contributed by atoms with Gasteiger partial charge in [0.15, 0.2) is 0 Å². The Morgan fingerprint density at radius 1 is 1.12 bits per heavy atom. The second-order valence-electron chi connectivity index (χ2n) is 7.09. The lowest BCUT2D eigenvalue weighted by atomic mass is 9.76. The van der Waals surface area contributed by atoms with Crippen molar-refractivity contribution >= 4 is 50.0 Å². The summed E-state index contributed by atoms with van der Waals surface area (Å²) >= 11 is 16.0. The van der Waals surface area contributed by atoms with Gasteiger partial charge in [-0.05, 0) is 54.1 Å². The first kappa shape index (κ1) is 17.2. The third-order valence-corrected chi connectivity index (χ3v) is 10.0. The van der Waals surface area contributed by atoms with Gasteiger partial charge in [0.1, 0.15) is 0 Å². The monoisotopic (exact) mass is 443 g/mol. The van der Waals surface area contributed by atoms with Crippen LogP contribution < -0.4 is 5.32 Å². The molecule has 3 aliphatic heterocycles. The zero-order valence-corrected chi connectivity index (χ0v) is 17.6. The van der Waals surface area contributed by atoms with Crippen LogP contribution in [0.15, 0.2) is 46.9 Å². The Morgan fingerprint density at radius 3 is 2.38 bits per heavy atom. The normalized spacial score (nSPS) is 35.7. The lowest BCUT2D eigenvalue weighted by Crippen LogP contribution is -2.57. The molecule has 5 heteroatoms. The molecule has 1 N–H and O–H groups in total. The maximum Gasteiger partial charge on any atom is 0.0444 e. The van der Waals surface area contributed by atoms with Crippen LogP contribution in [0.3, 0.4) is 0 Å². The zero-order chi connectivity index (χ0) is 17.1. The first-order valence-corrected chi connectivity index (χ1v) is 11.5. The molecule has 0 amide bonds. The number of thiol groups is 1. The summed E-state index contributed by atoms with van der Waals surface area (Å²) < 4.78 is 1.43. The van der Waals surface area contributed by atoms with Gasteiger partial charge >= 0.3 is 0 Å². The van der Waals surface area contributed by atoms with Gasteiger partial charge in [0.05, 0.1) is 0 Å². The van der Waals surface area contributed by atoms with Crippen LogP contribution in [0.25, 0.3) is 0 Å².